The van der Waals surface area contributed by atoms with Crippen LogP contribution in [-0.2, 0) is 16.0 Å². The number of benzene rings is 1. The van der Waals surface area contributed by atoms with E-state index in [-0.39, 0.29) is 17.9 Å². The summed E-state index contributed by atoms with van der Waals surface area (Å²) in [6.07, 6.45) is 7.06. The third kappa shape index (κ3) is 5.90. The predicted molar refractivity (Wildman–Crippen MR) is 87.7 cm³/mol. The van der Waals surface area contributed by atoms with Crippen molar-refractivity contribution in [2.45, 2.75) is 38.1 Å². The molecular formula is C17H21ClN2O2. The maximum atomic E-state index is 12.0. The number of nitrogens with one attached hydrogen (secondary N) is 2. The topological polar surface area (TPSA) is 58.2 Å². The van der Waals surface area contributed by atoms with Gasteiger partial charge in [0.2, 0.25) is 11.8 Å². The van der Waals surface area contributed by atoms with Crippen molar-refractivity contribution in [2.24, 2.45) is 0 Å². The van der Waals surface area contributed by atoms with Gasteiger partial charge in [0.05, 0.1) is 6.04 Å². The summed E-state index contributed by atoms with van der Waals surface area (Å²) in [4.78, 5) is 23.7. The van der Waals surface area contributed by atoms with E-state index in [4.69, 9.17) is 11.6 Å². The Balaban J connectivity index is 2.08. The van der Waals surface area contributed by atoms with E-state index in [1.54, 1.807) is 6.08 Å². The Labute approximate surface area is 135 Å². The molecule has 0 saturated heterocycles. The van der Waals surface area contributed by atoms with Crippen LogP contribution >= 0.6 is 11.6 Å². The Bertz CT molecular complexity index is 557. The van der Waals surface area contributed by atoms with E-state index >= 15 is 0 Å². The fourth-order valence-electron chi connectivity index (χ4n) is 2.43. The van der Waals surface area contributed by atoms with Crippen molar-refractivity contribution in [2.75, 3.05) is 6.54 Å². The molecule has 2 amide bonds. The standard InChI is InChI=1S/C17H21ClN2O2/c18-14-6-4-5-13(11-14)12-15-8-9-16(21)19-10-3-1-2-7-17(22)20-15/h4-6,8-9,11,15H,1-3,7,10,12H2,(H,19,21)(H,20,22)/b9-8+/t15-/m1/s1. The summed E-state index contributed by atoms with van der Waals surface area (Å²) in [5, 5.41) is 6.49. The highest BCUT2D eigenvalue weighted by atomic mass is 35.5. The van der Waals surface area contributed by atoms with Crippen LogP contribution in [0.3, 0.4) is 0 Å². The summed E-state index contributed by atoms with van der Waals surface area (Å²) in [5.74, 6) is -0.0939. The molecule has 1 aromatic carbocycles. The maximum absolute atomic E-state index is 12.0. The normalized spacial score (nSPS) is 22.0. The number of amides is 2. The van der Waals surface area contributed by atoms with Crippen LogP contribution in [0.2, 0.25) is 5.02 Å². The Morgan fingerprint density at radius 3 is 2.86 bits per heavy atom. The molecule has 0 bridgehead atoms. The molecule has 0 fully saturated rings. The van der Waals surface area contributed by atoms with Gasteiger partial charge in [-0.05, 0) is 37.0 Å². The summed E-state index contributed by atoms with van der Waals surface area (Å²) in [6.45, 7) is 0.657. The zero-order valence-electron chi connectivity index (χ0n) is 12.5. The monoisotopic (exact) mass is 320 g/mol. The lowest BCUT2D eigenvalue weighted by molar-refractivity contribution is -0.122. The minimum absolute atomic E-state index is 0.0256. The second-order valence-electron chi connectivity index (χ2n) is 5.47. The van der Waals surface area contributed by atoms with Gasteiger partial charge >= 0.3 is 0 Å². The third-order valence-corrected chi connectivity index (χ3v) is 3.79. The molecule has 118 valence electrons. The van der Waals surface area contributed by atoms with Crippen LogP contribution < -0.4 is 10.6 Å². The number of halogens is 1. The zero-order chi connectivity index (χ0) is 15.8. The van der Waals surface area contributed by atoms with E-state index in [0.29, 0.717) is 24.4 Å². The fraction of sp³-hybridized carbons (Fsp3) is 0.412. The fourth-order valence-corrected chi connectivity index (χ4v) is 2.64. The number of hydrogen-bond donors (Lipinski definition) is 2. The lowest BCUT2D eigenvalue weighted by Crippen LogP contribution is -2.35. The van der Waals surface area contributed by atoms with E-state index in [0.717, 1.165) is 24.8 Å². The van der Waals surface area contributed by atoms with Crippen LogP contribution in [0.1, 0.15) is 31.2 Å². The predicted octanol–water partition coefficient (Wildman–Crippen LogP) is 2.61. The van der Waals surface area contributed by atoms with Crippen LogP contribution in [0.5, 0.6) is 0 Å². The van der Waals surface area contributed by atoms with Gasteiger partial charge in [-0.3, -0.25) is 9.59 Å². The molecule has 0 radical (unpaired) electrons. The Morgan fingerprint density at radius 1 is 1.18 bits per heavy atom. The molecule has 4 nitrogen and oxygen atoms in total. The first-order valence-electron chi connectivity index (χ1n) is 7.63. The summed E-state index contributed by atoms with van der Waals surface area (Å²) < 4.78 is 0. The van der Waals surface area contributed by atoms with E-state index in [1.807, 2.05) is 24.3 Å². The van der Waals surface area contributed by atoms with Crippen molar-refractivity contribution in [3.63, 3.8) is 0 Å². The SMILES string of the molecule is O=C1/C=C/[C@H](Cc2cccc(Cl)c2)NC(=O)CCCCCN1. The molecule has 0 aliphatic carbocycles. The van der Waals surface area contributed by atoms with Gasteiger partial charge in [0, 0.05) is 24.1 Å². The lowest BCUT2D eigenvalue weighted by atomic mass is 10.0. The Morgan fingerprint density at radius 2 is 2.05 bits per heavy atom. The first-order chi connectivity index (χ1) is 10.6. The molecule has 0 unspecified atom stereocenters. The largest absolute Gasteiger partial charge is 0.353 e. The van der Waals surface area contributed by atoms with Gasteiger partial charge in [0.25, 0.3) is 0 Å². The molecule has 1 aromatic rings. The van der Waals surface area contributed by atoms with Gasteiger partial charge in [-0.1, -0.05) is 36.2 Å². The molecule has 0 aromatic heterocycles. The lowest BCUT2D eigenvalue weighted by Gasteiger charge is -2.16. The molecule has 22 heavy (non-hydrogen) atoms. The first-order valence-corrected chi connectivity index (χ1v) is 8.01. The molecule has 1 heterocycles. The quantitative estimate of drug-likeness (QED) is 0.880. The van der Waals surface area contributed by atoms with Gasteiger partial charge in [-0.2, -0.15) is 0 Å². The Hall–Kier alpha value is -1.81. The number of rotatable bonds is 2. The second-order valence-corrected chi connectivity index (χ2v) is 5.91. The maximum Gasteiger partial charge on any atom is 0.243 e. The van der Waals surface area contributed by atoms with Gasteiger partial charge < -0.3 is 10.6 Å². The zero-order valence-corrected chi connectivity index (χ0v) is 13.2. The second kappa shape index (κ2) is 8.59. The van der Waals surface area contributed by atoms with Crippen molar-refractivity contribution in [1.29, 1.82) is 0 Å². The minimum Gasteiger partial charge on any atom is -0.353 e. The number of carbonyl (C=O) groups excluding carboxylic acids is 2. The highest BCUT2D eigenvalue weighted by Gasteiger charge is 2.12. The smallest absolute Gasteiger partial charge is 0.243 e. The van der Waals surface area contributed by atoms with Crippen molar-refractivity contribution in [1.82, 2.24) is 10.6 Å². The van der Waals surface area contributed by atoms with E-state index in [1.165, 1.54) is 6.08 Å². The highest BCUT2D eigenvalue weighted by Crippen LogP contribution is 2.13. The molecule has 2 rings (SSSR count). The molecule has 0 saturated carbocycles. The molecule has 0 spiro atoms. The summed E-state index contributed by atoms with van der Waals surface area (Å²) in [6, 6.07) is 7.31. The van der Waals surface area contributed by atoms with Crippen molar-refractivity contribution in [3.05, 3.63) is 47.0 Å². The van der Waals surface area contributed by atoms with E-state index in [9.17, 15) is 9.59 Å². The number of carbonyl (C=O) groups is 2. The molecule has 1 aliphatic heterocycles. The Kier molecular flexibility index (Phi) is 6.46. The highest BCUT2D eigenvalue weighted by molar-refractivity contribution is 6.30. The molecular weight excluding hydrogens is 300 g/mol. The van der Waals surface area contributed by atoms with Crippen LogP contribution in [0.25, 0.3) is 0 Å². The van der Waals surface area contributed by atoms with Crippen molar-refractivity contribution in [3.8, 4) is 0 Å². The molecule has 5 heteroatoms. The molecule has 1 atom stereocenters. The van der Waals surface area contributed by atoms with Gasteiger partial charge in [0.1, 0.15) is 0 Å². The summed E-state index contributed by atoms with van der Waals surface area (Å²) in [7, 11) is 0. The van der Waals surface area contributed by atoms with E-state index < -0.39 is 0 Å². The third-order valence-electron chi connectivity index (χ3n) is 3.55. The van der Waals surface area contributed by atoms with Crippen LogP contribution in [0, 0.1) is 0 Å². The van der Waals surface area contributed by atoms with Crippen molar-refractivity contribution < 1.29 is 9.59 Å². The minimum atomic E-state index is -0.212. The van der Waals surface area contributed by atoms with Gasteiger partial charge in [-0.15, -0.1) is 0 Å². The summed E-state index contributed by atoms with van der Waals surface area (Å²) >= 11 is 5.99. The summed E-state index contributed by atoms with van der Waals surface area (Å²) in [5.41, 5.74) is 1.02. The molecule has 1 aliphatic rings. The van der Waals surface area contributed by atoms with Crippen LogP contribution in [0.15, 0.2) is 36.4 Å². The van der Waals surface area contributed by atoms with Crippen LogP contribution in [-0.4, -0.2) is 24.4 Å². The first kappa shape index (κ1) is 16.6. The van der Waals surface area contributed by atoms with Crippen molar-refractivity contribution >= 4 is 23.4 Å². The average Bonchev–Trinajstić information content (AvgIpc) is 2.47. The average molecular weight is 321 g/mol. The van der Waals surface area contributed by atoms with E-state index in [2.05, 4.69) is 10.6 Å². The molecule has 2 N–H and O–H groups in total. The van der Waals surface area contributed by atoms with Gasteiger partial charge in [-0.25, -0.2) is 0 Å². The number of hydrogen-bond acceptors (Lipinski definition) is 2. The van der Waals surface area contributed by atoms with Crippen LogP contribution in [0.4, 0.5) is 0 Å². The van der Waals surface area contributed by atoms with Gasteiger partial charge in [0.15, 0.2) is 0 Å².